The molecule has 2 heterocycles. The SMILES string of the molecule is C[n+]1ccccc1Oc1cccc[n+]1C. The van der Waals surface area contributed by atoms with Gasteiger partial charge in [0.05, 0.1) is 12.1 Å². The standard InChI is InChI=1S/C12H14N2O/c1-13-9-5-3-7-11(13)15-12-8-4-6-10-14(12)2/h3-10H,1-2H3/q+2. The summed E-state index contributed by atoms with van der Waals surface area (Å²) in [5.74, 6) is 1.64. The first kappa shape index (κ1) is 9.65. The lowest BCUT2D eigenvalue weighted by Crippen LogP contribution is -2.33. The summed E-state index contributed by atoms with van der Waals surface area (Å²) < 4.78 is 9.64. The molecule has 2 rings (SSSR count). The van der Waals surface area contributed by atoms with Crippen LogP contribution in [0.5, 0.6) is 11.8 Å². The first-order valence-electron chi connectivity index (χ1n) is 4.84. The molecule has 0 aliphatic heterocycles. The van der Waals surface area contributed by atoms with E-state index >= 15 is 0 Å². The Morgan fingerprint density at radius 1 is 0.800 bits per heavy atom. The van der Waals surface area contributed by atoms with Gasteiger partial charge in [0.15, 0.2) is 12.4 Å². The molecule has 0 aliphatic rings. The smallest absolute Gasteiger partial charge is 0.348 e. The van der Waals surface area contributed by atoms with Crippen LogP contribution in [0.4, 0.5) is 0 Å². The van der Waals surface area contributed by atoms with Crippen LogP contribution in [-0.2, 0) is 14.1 Å². The maximum Gasteiger partial charge on any atom is 0.377 e. The quantitative estimate of drug-likeness (QED) is 0.667. The van der Waals surface area contributed by atoms with Crippen molar-refractivity contribution in [2.75, 3.05) is 0 Å². The van der Waals surface area contributed by atoms with Gasteiger partial charge in [0.2, 0.25) is 0 Å². The molecular formula is C12H14N2O+2. The normalized spacial score (nSPS) is 10.0. The molecule has 0 atom stereocenters. The molecule has 2 aromatic rings. The highest BCUT2D eigenvalue weighted by atomic mass is 16.5. The van der Waals surface area contributed by atoms with Crippen molar-refractivity contribution in [2.45, 2.75) is 0 Å². The minimum atomic E-state index is 0.819. The van der Waals surface area contributed by atoms with E-state index in [1.54, 1.807) is 0 Å². The first-order valence-corrected chi connectivity index (χ1v) is 4.84. The average molecular weight is 202 g/mol. The van der Waals surface area contributed by atoms with Crippen molar-refractivity contribution in [3.05, 3.63) is 48.8 Å². The van der Waals surface area contributed by atoms with Crippen LogP contribution >= 0.6 is 0 Å². The molecule has 0 saturated heterocycles. The van der Waals surface area contributed by atoms with Crippen LogP contribution in [0, 0.1) is 0 Å². The summed E-state index contributed by atoms with van der Waals surface area (Å²) in [5.41, 5.74) is 0. The van der Waals surface area contributed by atoms with E-state index < -0.39 is 0 Å². The lowest BCUT2D eigenvalue weighted by Gasteiger charge is -2.00. The van der Waals surface area contributed by atoms with Crippen molar-refractivity contribution >= 4 is 0 Å². The largest absolute Gasteiger partial charge is 0.377 e. The van der Waals surface area contributed by atoms with Crippen LogP contribution in [0.25, 0.3) is 0 Å². The molecule has 0 fully saturated rings. The van der Waals surface area contributed by atoms with Gasteiger partial charge in [-0.05, 0) is 12.1 Å². The maximum absolute atomic E-state index is 5.77. The zero-order chi connectivity index (χ0) is 10.7. The first-order chi connectivity index (χ1) is 7.27. The summed E-state index contributed by atoms with van der Waals surface area (Å²) >= 11 is 0. The molecule has 2 aromatic heterocycles. The highest BCUT2D eigenvalue weighted by Gasteiger charge is 2.13. The van der Waals surface area contributed by atoms with Crippen LogP contribution in [0.15, 0.2) is 48.8 Å². The molecule has 0 saturated carbocycles. The minimum absolute atomic E-state index is 0.819. The molecule has 0 bridgehead atoms. The highest BCUT2D eigenvalue weighted by molar-refractivity contribution is 5.11. The lowest BCUT2D eigenvalue weighted by molar-refractivity contribution is -0.695. The van der Waals surface area contributed by atoms with Gasteiger partial charge < -0.3 is 4.74 Å². The molecule has 0 aliphatic carbocycles. The molecule has 0 amide bonds. The number of ether oxygens (including phenoxy) is 1. The molecule has 3 heteroatoms. The maximum atomic E-state index is 5.77. The van der Waals surface area contributed by atoms with Gasteiger partial charge in [0, 0.05) is 12.1 Å². The molecule has 0 spiro atoms. The van der Waals surface area contributed by atoms with Crippen LogP contribution < -0.4 is 13.9 Å². The Bertz CT molecular complexity index is 425. The van der Waals surface area contributed by atoms with Crippen LogP contribution in [0.3, 0.4) is 0 Å². The summed E-state index contributed by atoms with van der Waals surface area (Å²) in [7, 11) is 3.91. The highest BCUT2D eigenvalue weighted by Crippen LogP contribution is 2.11. The van der Waals surface area contributed by atoms with E-state index in [0.717, 1.165) is 11.8 Å². The zero-order valence-corrected chi connectivity index (χ0v) is 8.92. The zero-order valence-electron chi connectivity index (χ0n) is 8.92. The summed E-state index contributed by atoms with van der Waals surface area (Å²) in [6.45, 7) is 0. The molecule has 0 N–H and O–H groups in total. The number of hydrogen-bond donors (Lipinski definition) is 0. The van der Waals surface area contributed by atoms with Gasteiger partial charge >= 0.3 is 11.8 Å². The molecule has 0 aromatic carbocycles. The Hall–Kier alpha value is -1.90. The molecule has 15 heavy (non-hydrogen) atoms. The molecule has 76 valence electrons. The van der Waals surface area contributed by atoms with Gasteiger partial charge in [-0.2, -0.15) is 9.13 Å². The van der Waals surface area contributed by atoms with Crippen molar-refractivity contribution in [3.63, 3.8) is 0 Å². The van der Waals surface area contributed by atoms with Crippen LogP contribution in [0.1, 0.15) is 0 Å². The predicted octanol–water partition coefficient (Wildman–Crippen LogP) is 1.13. The van der Waals surface area contributed by atoms with Crippen molar-refractivity contribution in [2.24, 2.45) is 14.1 Å². The number of aromatic nitrogens is 2. The fourth-order valence-corrected chi connectivity index (χ4v) is 1.33. The van der Waals surface area contributed by atoms with E-state index in [2.05, 4.69) is 0 Å². The fourth-order valence-electron chi connectivity index (χ4n) is 1.33. The monoisotopic (exact) mass is 202 g/mol. The summed E-state index contributed by atoms with van der Waals surface area (Å²) in [5, 5.41) is 0. The van der Waals surface area contributed by atoms with E-state index in [9.17, 15) is 0 Å². The topological polar surface area (TPSA) is 17.0 Å². The second kappa shape index (κ2) is 4.09. The Balaban J connectivity index is 2.30. The molecule has 3 nitrogen and oxygen atoms in total. The number of nitrogens with zero attached hydrogens (tertiary/aromatic N) is 2. The predicted molar refractivity (Wildman–Crippen MR) is 55.3 cm³/mol. The third kappa shape index (κ3) is 2.13. The Kier molecular flexibility index (Phi) is 2.63. The third-order valence-electron chi connectivity index (χ3n) is 2.22. The van der Waals surface area contributed by atoms with Gasteiger partial charge in [0.25, 0.3) is 0 Å². The van der Waals surface area contributed by atoms with Gasteiger partial charge in [-0.1, -0.05) is 0 Å². The second-order valence-corrected chi connectivity index (χ2v) is 3.40. The minimum Gasteiger partial charge on any atom is -0.348 e. The summed E-state index contributed by atoms with van der Waals surface area (Å²) in [6.07, 6.45) is 3.91. The number of hydrogen-bond acceptors (Lipinski definition) is 1. The number of pyridine rings is 2. The van der Waals surface area contributed by atoms with Crippen molar-refractivity contribution < 1.29 is 13.9 Å². The Labute approximate surface area is 89.2 Å². The van der Waals surface area contributed by atoms with Crippen molar-refractivity contribution in [1.82, 2.24) is 0 Å². The Morgan fingerprint density at radius 2 is 1.27 bits per heavy atom. The van der Waals surface area contributed by atoms with E-state index in [-0.39, 0.29) is 0 Å². The van der Waals surface area contributed by atoms with Crippen LogP contribution in [-0.4, -0.2) is 0 Å². The van der Waals surface area contributed by atoms with Gasteiger partial charge in [0.1, 0.15) is 14.1 Å². The van der Waals surface area contributed by atoms with Gasteiger partial charge in [-0.15, -0.1) is 0 Å². The van der Waals surface area contributed by atoms with Crippen LogP contribution in [0.2, 0.25) is 0 Å². The number of aryl methyl sites for hydroxylation is 2. The molecular weight excluding hydrogens is 188 g/mol. The number of rotatable bonds is 2. The van der Waals surface area contributed by atoms with Crippen molar-refractivity contribution in [3.8, 4) is 11.8 Å². The Morgan fingerprint density at radius 3 is 1.67 bits per heavy atom. The lowest BCUT2D eigenvalue weighted by atomic mass is 10.4. The average Bonchev–Trinajstić information content (AvgIpc) is 2.24. The van der Waals surface area contributed by atoms with E-state index in [1.165, 1.54) is 0 Å². The molecule has 0 unspecified atom stereocenters. The molecule has 0 radical (unpaired) electrons. The van der Waals surface area contributed by atoms with Gasteiger partial charge in [-0.3, -0.25) is 0 Å². The van der Waals surface area contributed by atoms with Gasteiger partial charge in [-0.25, -0.2) is 0 Å². The summed E-state index contributed by atoms with van der Waals surface area (Å²) in [4.78, 5) is 0. The van der Waals surface area contributed by atoms with E-state index in [4.69, 9.17) is 4.74 Å². The fraction of sp³-hybridized carbons (Fsp3) is 0.167. The summed E-state index contributed by atoms with van der Waals surface area (Å²) in [6, 6.07) is 11.7. The third-order valence-corrected chi connectivity index (χ3v) is 2.22. The van der Waals surface area contributed by atoms with E-state index in [1.807, 2.05) is 72.0 Å². The second-order valence-electron chi connectivity index (χ2n) is 3.40. The van der Waals surface area contributed by atoms with Crippen molar-refractivity contribution in [1.29, 1.82) is 0 Å². The van der Waals surface area contributed by atoms with E-state index in [0.29, 0.717) is 0 Å².